The monoisotopic (exact) mass is 334 g/mol. The molecule has 1 atom stereocenters. The fraction of sp³-hybridized carbons (Fsp3) is 0.750. The zero-order valence-electron chi connectivity index (χ0n) is 14.3. The average molecular weight is 334 g/mol. The van der Waals surface area contributed by atoms with Crippen molar-refractivity contribution in [1.82, 2.24) is 29.7 Å². The van der Waals surface area contributed by atoms with Gasteiger partial charge in [-0.3, -0.25) is 19.2 Å². The van der Waals surface area contributed by atoms with Crippen LogP contribution in [0.1, 0.15) is 26.2 Å². The maximum absolute atomic E-state index is 12.6. The van der Waals surface area contributed by atoms with Crippen LogP contribution in [0.25, 0.3) is 0 Å². The maximum atomic E-state index is 12.6. The summed E-state index contributed by atoms with van der Waals surface area (Å²) in [4.78, 5) is 30.0. The van der Waals surface area contributed by atoms with Gasteiger partial charge in [-0.1, -0.05) is 11.6 Å². The molecule has 24 heavy (non-hydrogen) atoms. The zero-order valence-corrected chi connectivity index (χ0v) is 14.3. The first-order valence-electron chi connectivity index (χ1n) is 8.75. The summed E-state index contributed by atoms with van der Waals surface area (Å²) < 4.78 is 1.85. The van der Waals surface area contributed by atoms with E-state index in [2.05, 4.69) is 15.2 Å². The van der Waals surface area contributed by atoms with Gasteiger partial charge in [-0.05, 0) is 19.4 Å². The molecule has 8 heteroatoms. The van der Waals surface area contributed by atoms with Crippen molar-refractivity contribution in [3.05, 3.63) is 12.4 Å². The zero-order chi connectivity index (χ0) is 16.9. The minimum absolute atomic E-state index is 0.0889. The van der Waals surface area contributed by atoms with Crippen LogP contribution >= 0.6 is 0 Å². The second-order valence-electron chi connectivity index (χ2n) is 6.63. The first-order chi connectivity index (χ1) is 11.6. The Hall–Kier alpha value is -1.96. The van der Waals surface area contributed by atoms with Crippen LogP contribution in [0.2, 0.25) is 0 Å². The minimum Gasteiger partial charge on any atom is -0.339 e. The summed E-state index contributed by atoms with van der Waals surface area (Å²) in [6.45, 7) is 6.34. The van der Waals surface area contributed by atoms with Crippen molar-refractivity contribution in [2.45, 2.75) is 38.8 Å². The fourth-order valence-electron chi connectivity index (χ4n) is 3.57. The van der Waals surface area contributed by atoms with Crippen LogP contribution in [-0.2, 0) is 16.1 Å². The first kappa shape index (κ1) is 16.9. The van der Waals surface area contributed by atoms with Gasteiger partial charge in [0.25, 0.3) is 0 Å². The molecule has 0 radical (unpaired) electrons. The Morgan fingerprint density at radius 1 is 1.08 bits per heavy atom. The number of amides is 2. The van der Waals surface area contributed by atoms with E-state index >= 15 is 0 Å². The molecule has 2 amide bonds. The van der Waals surface area contributed by atoms with E-state index in [0.29, 0.717) is 38.8 Å². The lowest BCUT2D eigenvalue weighted by molar-refractivity contribution is -0.139. The van der Waals surface area contributed by atoms with Crippen LogP contribution in [-0.4, -0.2) is 86.8 Å². The van der Waals surface area contributed by atoms with Crippen LogP contribution in [0.3, 0.4) is 0 Å². The van der Waals surface area contributed by atoms with Crippen molar-refractivity contribution in [1.29, 1.82) is 0 Å². The summed E-state index contributed by atoms with van der Waals surface area (Å²) >= 11 is 0. The van der Waals surface area contributed by atoms with Crippen molar-refractivity contribution in [2.75, 3.05) is 39.3 Å². The number of rotatable bonds is 4. The molecule has 0 N–H and O–H groups in total. The molecule has 1 unspecified atom stereocenters. The van der Waals surface area contributed by atoms with Gasteiger partial charge >= 0.3 is 0 Å². The Labute approximate surface area is 142 Å². The lowest BCUT2D eigenvalue weighted by Crippen LogP contribution is -2.54. The summed E-state index contributed by atoms with van der Waals surface area (Å²) in [5, 5.41) is 7.90. The van der Waals surface area contributed by atoms with Gasteiger partial charge in [-0.25, -0.2) is 0 Å². The average Bonchev–Trinajstić information content (AvgIpc) is 3.10. The summed E-state index contributed by atoms with van der Waals surface area (Å²) in [7, 11) is 0. The van der Waals surface area contributed by atoms with E-state index in [1.807, 2.05) is 15.8 Å². The number of likely N-dealkylation sites (tertiary alicyclic amines) is 1. The van der Waals surface area contributed by atoms with E-state index in [-0.39, 0.29) is 11.8 Å². The van der Waals surface area contributed by atoms with E-state index in [9.17, 15) is 9.59 Å². The number of hydrogen-bond acceptors (Lipinski definition) is 5. The molecule has 0 saturated carbocycles. The number of nitrogens with zero attached hydrogens (tertiary/aromatic N) is 6. The number of hydrogen-bond donors (Lipinski definition) is 0. The molecule has 2 aliphatic rings. The number of piperazine rings is 1. The van der Waals surface area contributed by atoms with Gasteiger partial charge in [0.15, 0.2) is 0 Å². The maximum Gasteiger partial charge on any atom is 0.236 e. The smallest absolute Gasteiger partial charge is 0.236 e. The standard InChI is InChI=1S/C16H26N6O2/c1-14(23)19-8-10-20(11-9-19)16(24)13-21-6-3-2-4-15(21)12-22-7-5-17-18-22/h5,7,15H,2-4,6,8-13H2,1H3. The molecule has 0 bridgehead atoms. The normalized spacial score (nSPS) is 22.6. The van der Waals surface area contributed by atoms with Crippen molar-refractivity contribution in [3.63, 3.8) is 0 Å². The summed E-state index contributed by atoms with van der Waals surface area (Å²) in [6.07, 6.45) is 6.98. The molecule has 0 aromatic carbocycles. The second kappa shape index (κ2) is 7.74. The fourth-order valence-corrected chi connectivity index (χ4v) is 3.57. The highest BCUT2D eigenvalue weighted by Crippen LogP contribution is 2.18. The highest BCUT2D eigenvalue weighted by Gasteiger charge is 2.28. The molecular weight excluding hydrogens is 308 g/mol. The Balaban J connectivity index is 1.53. The van der Waals surface area contributed by atoms with E-state index in [4.69, 9.17) is 0 Å². The molecular formula is C16H26N6O2. The Morgan fingerprint density at radius 3 is 2.50 bits per heavy atom. The number of carbonyl (C=O) groups excluding carboxylic acids is 2. The number of carbonyl (C=O) groups is 2. The topological polar surface area (TPSA) is 74.6 Å². The third-order valence-electron chi connectivity index (χ3n) is 5.03. The summed E-state index contributed by atoms with van der Waals surface area (Å²) in [5.41, 5.74) is 0. The quantitative estimate of drug-likeness (QED) is 0.764. The highest BCUT2D eigenvalue weighted by atomic mass is 16.2. The van der Waals surface area contributed by atoms with E-state index in [0.717, 1.165) is 25.9 Å². The van der Waals surface area contributed by atoms with Crippen molar-refractivity contribution < 1.29 is 9.59 Å². The lowest BCUT2D eigenvalue weighted by atomic mass is 10.0. The summed E-state index contributed by atoms with van der Waals surface area (Å²) in [6, 6.07) is 0.336. The molecule has 1 aromatic rings. The molecule has 2 fully saturated rings. The number of aromatic nitrogens is 3. The van der Waals surface area contributed by atoms with Crippen molar-refractivity contribution in [2.24, 2.45) is 0 Å². The number of piperidine rings is 1. The van der Waals surface area contributed by atoms with Crippen LogP contribution in [0.5, 0.6) is 0 Å². The Kier molecular flexibility index (Phi) is 5.44. The van der Waals surface area contributed by atoms with E-state index in [1.54, 1.807) is 18.0 Å². The molecule has 3 rings (SSSR count). The molecule has 2 aliphatic heterocycles. The third kappa shape index (κ3) is 4.11. The third-order valence-corrected chi connectivity index (χ3v) is 5.03. The molecule has 132 valence electrons. The van der Waals surface area contributed by atoms with Crippen LogP contribution in [0, 0.1) is 0 Å². The first-order valence-corrected chi connectivity index (χ1v) is 8.75. The molecule has 1 aromatic heterocycles. The van der Waals surface area contributed by atoms with E-state index < -0.39 is 0 Å². The van der Waals surface area contributed by atoms with Gasteiger partial charge in [-0.2, -0.15) is 0 Å². The lowest BCUT2D eigenvalue weighted by Gasteiger charge is -2.38. The molecule has 8 nitrogen and oxygen atoms in total. The SMILES string of the molecule is CC(=O)N1CCN(C(=O)CN2CCCCC2Cn2ccnn2)CC1. The molecule has 3 heterocycles. The van der Waals surface area contributed by atoms with Crippen molar-refractivity contribution in [3.8, 4) is 0 Å². The predicted octanol–water partition coefficient (Wildman–Crippen LogP) is -0.177. The second-order valence-corrected chi connectivity index (χ2v) is 6.63. The predicted molar refractivity (Wildman–Crippen MR) is 88.1 cm³/mol. The van der Waals surface area contributed by atoms with Crippen LogP contribution in [0.15, 0.2) is 12.4 Å². The highest BCUT2D eigenvalue weighted by molar-refractivity contribution is 5.79. The Morgan fingerprint density at radius 2 is 1.83 bits per heavy atom. The Bertz CT molecular complexity index is 553. The van der Waals surface area contributed by atoms with Gasteiger partial charge in [-0.15, -0.1) is 5.10 Å². The molecule has 2 saturated heterocycles. The molecule has 0 aliphatic carbocycles. The van der Waals surface area contributed by atoms with Crippen LogP contribution < -0.4 is 0 Å². The van der Waals surface area contributed by atoms with Gasteiger partial charge < -0.3 is 9.80 Å². The van der Waals surface area contributed by atoms with Gasteiger partial charge in [0, 0.05) is 45.3 Å². The van der Waals surface area contributed by atoms with Gasteiger partial charge in [0.05, 0.1) is 19.3 Å². The van der Waals surface area contributed by atoms with Gasteiger partial charge in [0.2, 0.25) is 11.8 Å². The van der Waals surface area contributed by atoms with Crippen LogP contribution in [0.4, 0.5) is 0 Å². The molecule has 0 spiro atoms. The van der Waals surface area contributed by atoms with Gasteiger partial charge in [0.1, 0.15) is 0 Å². The largest absolute Gasteiger partial charge is 0.339 e. The van der Waals surface area contributed by atoms with Crippen molar-refractivity contribution >= 4 is 11.8 Å². The van der Waals surface area contributed by atoms with E-state index in [1.165, 1.54) is 6.42 Å². The summed E-state index contributed by atoms with van der Waals surface area (Å²) in [5.74, 6) is 0.259. The minimum atomic E-state index is 0.0889.